The average Bonchev–Trinajstić information content (AvgIpc) is 2.38. The largest absolute Gasteiger partial charge is 0.482 e. The smallest absolute Gasteiger partial charge is 0.134 e. The third kappa shape index (κ3) is 1.96. The van der Waals surface area contributed by atoms with Crippen molar-refractivity contribution in [3.63, 3.8) is 0 Å². The molecule has 2 nitrogen and oxygen atoms in total. The fourth-order valence-corrected chi connectivity index (χ4v) is 3.46. The average molecular weight is 267 g/mol. The van der Waals surface area contributed by atoms with Crippen molar-refractivity contribution in [2.45, 2.75) is 38.2 Å². The van der Waals surface area contributed by atoms with Crippen molar-refractivity contribution in [3.05, 3.63) is 59.7 Å². The Morgan fingerprint density at radius 3 is 2.20 bits per heavy atom. The lowest BCUT2D eigenvalue weighted by Gasteiger charge is -2.44. The number of benzene rings is 2. The summed E-state index contributed by atoms with van der Waals surface area (Å²) >= 11 is 0. The van der Waals surface area contributed by atoms with E-state index >= 15 is 0 Å². The van der Waals surface area contributed by atoms with Gasteiger partial charge in [0.1, 0.15) is 11.4 Å². The fraction of sp³-hybridized carbons (Fsp3) is 0.333. The standard InChI is InChI=1S/C18H21NO/c1-17(2)12-18(3,13-8-4-6-10-15(13)19)20-16-11-7-5-9-14(16)17/h4-11H,12,19H2,1-3H3. The minimum absolute atomic E-state index is 0.0614. The highest BCUT2D eigenvalue weighted by atomic mass is 16.5. The Kier molecular flexibility index (Phi) is 2.79. The lowest BCUT2D eigenvalue weighted by Crippen LogP contribution is -2.42. The molecule has 1 aliphatic rings. The molecule has 2 aromatic carbocycles. The molecule has 20 heavy (non-hydrogen) atoms. The first-order valence-electron chi connectivity index (χ1n) is 7.06. The topological polar surface area (TPSA) is 35.2 Å². The van der Waals surface area contributed by atoms with E-state index in [2.05, 4.69) is 39.0 Å². The van der Waals surface area contributed by atoms with E-state index in [4.69, 9.17) is 10.5 Å². The molecule has 2 N–H and O–H groups in total. The fourth-order valence-electron chi connectivity index (χ4n) is 3.46. The molecule has 104 valence electrons. The van der Waals surface area contributed by atoms with Gasteiger partial charge in [-0.3, -0.25) is 0 Å². The molecule has 2 heteroatoms. The summed E-state index contributed by atoms with van der Waals surface area (Å²) in [5.74, 6) is 0.967. The summed E-state index contributed by atoms with van der Waals surface area (Å²) in [6.07, 6.45) is 0.908. The van der Waals surface area contributed by atoms with Crippen molar-refractivity contribution in [1.29, 1.82) is 0 Å². The number of rotatable bonds is 1. The van der Waals surface area contributed by atoms with Gasteiger partial charge in [0.25, 0.3) is 0 Å². The molecule has 0 saturated heterocycles. The van der Waals surface area contributed by atoms with Crippen LogP contribution in [0.2, 0.25) is 0 Å². The molecule has 3 rings (SSSR count). The van der Waals surface area contributed by atoms with E-state index in [-0.39, 0.29) is 11.0 Å². The van der Waals surface area contributed by atoms with E-state index in [1.54, 1.807) is 0 Å². The van der Waals surface area contributed by atoms with E-state index < -0.39 is 0 Å². The van der Waals surface area contributed by atoms with Crippen LogP contribution < -0.4 is 10.5 Å². The van der Waals surface area contributed by atoms with E-state index in [9.17, 15) is 0 Å². The first kappa shape index (κ1) is 13.0. The van der Waals surface area contributed by atoms with Gasteiger partial charge < -0.3 is 10.5 Å². The maximum Gasteiger partial charge on any atom is 0.134 e. The van der Waals surface area contributed by atoms with Crippen LogP contribution in [-0.4, -0.2) is 0 Å². The molecular formula is C18H21NO. The number of fused-ring (bicyclic) bond motifs is 1. The van der Waals surface area contributed by atoms with E-state index in [0.717, 1.165) is 23.4 Å². The predicted octanol–water partition coefficient (Wildman–Crippen LogP) is 4.24. The molecule has 0 fully saturated rings. The lowest BCUT2D eigenvalue weighted by molar-refractivity contribution is 0.0332. The second-order valence-electron chi connectivity index (χ2n) is 6.48. The summed E-state index contributed by atoms with van der Waals surface area (Å²) in [4.78, 5) is 0. The highest BCUT2D eigenvalue weighted by Gasteiger charge is 2.43. The zero-order valence-corrected chi connectivity index (χ0v) is 12.3. The Morgan fingerprint density at radius 1 is 0.900 bits per heavy atom. The molecule has 0 bridgehead atoms. The molecule has 0 aliphatic carbocycles. The van der Waals surface area contributed by atoms with Gasteiger partial charge in [-0.1, -0.05) is 50.2 Å². The molecule has 0 aromatic heterocycles. The van der Waals surface area contributed by atoms with Gasteiger partial charge in [0.15, 0.2) is 0 Å². The van der Waals surface area contributed by atoms with Gasteiger partial charge in [-0.15, -0.1) is 0 Å². The number of ether oxygens (including phenoxy) is 1. The van der Waals surface area contributed by atoms with Crippen molar-refractivity contribution in [1.82, 2.24) is 0 Å². The summed E-state index contributed by atoms with van der Waals surface area (Å²) < 4.78 is 6.34. The minimum atomic E-state index is -0.386. The Bertz CT molecular complexity index is 647. The van der Waals surface area contributed by atoms with Crippen LogP contribution in [0.1, 0.15) is 38.3 Å². The van der Waals surface area contributed by atoms with Crippen molar-refractivity contribution in [3.8, 4) is 5.75 Å². The van der Waals surface area contributed by atoms with E-state index in [0.29, 0.717) is 0 Å². The minimum Gasteiger partial charge on any atom is -0.482 e. The number of nitrogen functional groups attached to an aromatic ring is 1. The monoisotopic (exact) mass is 267 g/mol. The zero-order valence-electron chi connectivity index (χ0n) is 12.3. The first-order chi connectivity index (χ1) is 9.42. The quantitative estimate of drug-likeness (QED) is 0.784. The van der Waals surface area contributed by atoms with Crippen LogP contribution in [0.3, 0.4) is 0 Å². The van der Waals surface area contributed by atoms with E-state index in [1.165, 1.54) is 5.56 Å². The first-order valence-corrected chi connectivity index (χ1v) is 7.06. The molecule has 0 radical (unpaired) electrons. The van der Waals surface area contributed by atoms with Gasteiger partial charge in [0, 0.05) is 17.7 Å². The van der Waals surface area contributed by atoms with Gasteiger partial charge in [0.2, 0.25) is 0 Å². The summed E-state index contributed by atoms with van der Waals surface area (Å²) in [7, 11) is 0. The number of anilines is 1. The molecular weight excluding hydrogens is 246 g/mol. The second kappa shape index (κ2) is 4.27. The molecule has 1 heterocycles. The van der Waals surface area contributed by atoms with Crippen LogP contribution in [-0.2, 0) is 11.0 Å². The number of hydrogen-bond donors (Lipinski definition) is 1. The van der Waals surface area contributed by atoms with Crippen molar-refractivity contribution in [2.75, 3.05) is 5.73 Å². The van der Waals surface area contributed by atoms with Crippen LogP contribution >= 0.6 is 0 Å². The number of hydrogen-bond acceptors (Lipinski definition) is 2. The van der Waals surface area contributed by atoms with Gasteiger partial charge in [-0.2, -0.15) is 0 Å². The van der Waals surface area contributed by atoms with Crippen LogP contribution in [0.15, 0.2) is 48.5 Å². The lowest BCUT2D eigenvalue weighted by atomic mass is 9.71. The molecule has 2 aromatic rings. The summed E-state index contributed by atoms with van der Waals surface area (Å²) in [5, 5.41) is 0. The van der Waals surface area contributed by atoms with Crippen molar-refractivity contribution in [2.24, 2.45) is 0 Å². The number of nitrogens with two attached hydrogens (primary N) is 1. The Balaban J connectivity index is 2.13. The van der Waals surface area contributed by atoms with Gasteiger partial charge in [-0.05, 0) is 30.0 Å². The number of para-hydroxylation sites is 2. The van der Waals surface area contributed by atoms with Crippen LogP contribution in [0.4, 0.5) is 5.69 Å². The highest BCUT2D eigenvalue weighted by Crippen LogP contribution is 2.49. The molecule has 1 atom stereocenters. The maximum atomic E-state index is 6.34. The van der Waals surface area contributed by atoms with E-state index in [1.807, 2.05) is 30.3 Å². The van der Waals surface area contributed by atoms with Crippen LogP contribution in [0, 0.1) is 0 Å². The SMILES string of the molecule is CC1(C)CC(C)(c2ccccc2N)Oc2ccccc21. The molecule has 1 aliphatic heterocycles. The third-order valence-corrected chi connectivity index (χ3v) is 4.26. The van der Waals surface area contributed by atoms with Gasteiger partial charge in [-0.25, -0.2) is 0 Å². The normalized spacial score (nSPS) is 23.8. The van der Waals surface area contributed by atoms with Gasteiger partial charge >= 0.3 is 0 Å². The predicted molar refractivity (Wildman–Crippen MR) is 82.9 cm³/mol. The Hall–Kier alpha value is -1.96. The highest BCUT2D eigenvalue weighted by molar-refractivity contribution is 5.52. The molecule has 0 amide bonds. The Labute approximate surface area is 120 Å². The zero-order chi connectivity index (χ0) is 14.4. The molecule has 0 saturated carbocycles. The maximum absolute atomic E-state index is 6.34. The summed E-state index contributed by atoms with van der Waals surface area (Å²) in [5.41, 5.74) is 8.98. The van der Waals surface area contributed by atoms with Crippen LogP contribution in [0.25, 0.3) is 0 Å². The van der Waals surface area contributed by atoms with Crippen molar-refractivity contribution < 1.29 is 4.74 Å². The summed E-state index contributed by atoms with van der Waals surface area (Å²) in [6, 6.07) is 16.3. The third-order valence-electron chi connectivity index (χ3n) is 4.26. The molecule has 0 spiro atoms. The Morgan fingerprint density at radius 2 is 1.50 bits per heavy atom. The summed E-state index contributed by atoms with van der Waals surface area (Å²) in [6.45, 7) is 6.67. The molecule has 1 unspecified atom stereocenters. The van der Waals surface area contributed by atoms with Crippen molar-refractivity contribution >= 4 is 5.69 Å². The van der Waals surface area contributed by atoms with Gasteiger partial charge in [0.05, 0.1) is 0 Å². The van der Waals surface area contributed by atoms with Crippen LogP contribution in [0.5, 0.6) is 5.75 Å². The second-order valence-corrected chi connectivity index (χ2v) is 6.48.